The van der Waals surface area contributed by atoms with Crippen LogP contribution in [-0.4, -0.2) is 16.7 Å². The summed E-state index contributed by atoms with van der Waals surface area (Å²) in [5, 5.41) is 0. The lowest BCUT2D eigenvalue weighted by Gasteiger charge is -2.28. The minimum absolute atomic E-state index is 0.102. The molecule has 0 aliphatic rings. The molecule has 0 aliphatic heterocycles. The van der Waals surface area contributed by atoms with Gasteiger partial charge in [-0.05, 0) is 24.5 Å². The van der Waals surface area contributed by atoms with Crippen molar-refractivity contribution in [2.45, 2.75) is 38.9 Å². The van der Waals surface area contributed by atoms with Crippen molar-refractivity contribution in [3.63, 3.8) is 0 Å². The van der Waals surface area contributed by atoms with Gasteiger partial charge in [-0.15, -0.1) is 6.58 Å². The van der Waals surface area contributed by atoms with Crippen LogP contribution in [0, 0.1) is 0 Å². The largest absolute Gasteiger partial charge is 0.298 e. The fraction of sp³-hybridized carbons (Fsp3) is 0.286. The lowest BCUT2D eigenvalue weighted by Crippen LogP contribution is -2.38. The summed E-state index contributed by atoms with van der Waals surface area (Å²) in [6.45, 7) is 7.27. The van der Waals surface area contributed by atoms with Gasteiger partial charge in [0, 0.05) is 19.5 Å². The maximum absolute atomic E-state index is 12.4. The number of Topliss-reactive ketones (excluding diaryl/α,β-unsaturated/α-hetero) is 1. The third kappa shape index (κ3) is 5.50. The topological polar surface area (TPSA) is 20.3 Å². The van der Waals surface area contributed by atoms with Gasteiger partial charge < -0.3 is 0 Å². The molecule has 0 bridgehead atoms. The van der Waals surface area contributed by atoms with Crippen LogP contribution in [0.4, 0.5) is 0 Å². The number of hydrogen-bond donors (Lipinski definition) is 0. The molecule has 2 heteroatoms. The Morgan fingerprint density at radius 2 is 1.48 bits per heavy atom. The molecule has 1 atom stereocenters. The van der Waals surface area contributed by atoms with Crippen molar-refractivity contribution in [1.29, 1.82) is 0 Å². The van der Waals surface area contributed by atoms with Crippen LogP contribution < -0.4 is 0 Å². The van der Waals surface area contributed by atoms with E-state index in [1.54, 1.807) is 0 Å². The molecule has 0 aliphatic carbocycles. The Morgan fingerprint density at radius 3 is 1.91 bits per heavy atom. The van der Waals surface area contributed by atoms with Gasteiger partial charge in [0.2, 0.25) is 0 Å². The van der Waals surface area contributed by atoms with Gasteiger partial charge in [0.05, 0.1) is 6.04 Å². The summed E-state index contributed by atoms with van der Waals surface area (Å²) in [4.78, 5) is 14.7. The van der Waals surface area contributed by atoms with Crippen molar-refractivity contribution >= 4 is 5.78 Å². The van der Waals surface area contributed by atoms with Crippen molar-refractivity contribution in [2.75, 3.05) is 0 Å². The van der Waals surface area contributed by atoms with E-state index in [1.165, 1.54) is 11.1 Å². The Bertz CT molecular complexity index is 565. The third-order valence-electron chi connectivity index (χ3n) is 4.07. The fourth-order valence-corrected chi connectivity index (χ4v) is 2.62. The Hall–Kier alpha value is -2.19. The number of benzene rings is 2. The van der Waals surface area contributed by atoms with Crippen molar-refractivity contribution < 1.29 is 4.79 Å². The molecule has 0 radical (unpaired) electrons. The van der Waals surface area contributed by atoms with Crippen LogP contribution >= 0.6 is 0 Å². The van der Waals surface area contributed by atoms with Gasteiger partial charge in [-0.2, -0.15) is 0 Å². The van der Waals surface area contributed by atoms with E-state index in [-0.39, 0.29) is 11.8 Å². The molecular formula is C21H25NO. The van der Waals surface area contributed by atoms with Gasteiger partial charge in [0.25, 0.3) is 0 Å². The number of ketones is 1. The van der Waals surface area contributed by atoms with Gasteiger partial charge in [-0.3, -0.25) is 9.69 Å². The molecule has 2 nitrogen and oxygen atoms in total. The first-order chi connectivity index (χ1) is 11.2. The predicted octanol–water partition coefficient (Wildman–Crippen LogP) is 4.61. The average Bonchev–Trinajstić information content (AvgIpc) is 2.60. The van der Waals surface area contributed by atoms with Crippen LogP contribution in [0.15, 0.2) is 73.3 Å². The van der Waals surface area contributed by atoms with Gasteiger partial charge in [0.15, 0.2) is 0 Å². The van der Waals surface area contributed by atoms with E-state index in [0.29, 0.717) is 6.42 Å². The lowest BCUT2D eigenvalue weighted by atomic mass is 10.1. The first-order valence-corrected chi connectivity index (χ1v) is 8.16. The van der Waals surface area contributed by atoms with E-state index in [1.807, 2.05) is 49.4 Å². The minimum Gasteiger partial charge on any atom is -0.298 e. The molecule has 0 aromatic heterocycles. The summed E-state index contributed by atoms with van der Waals surface area (Å²) < 4.78 is 0. The first-order valence-electron chi connectivity index (χ1n) is 8.16. The number of allylic oxidation sites excluding steroid dienone is 1. The Balaban J connectivity index is 2.13. The molecule has 0 spiro atoms. The summed E-state index contributed by atoms with van der Waals surface area (Å²) in [6, 6.07) is 20.5. The highest BCUT2D eigenvalue weighted by Crippen LogP contribution is 2.15. The number of rotatable bonds is 9. The van der Waals surface area contributed by atoms with E-state index in [4.69, 9.17) is 0 Å². The van der Waals surface area contributed by atoms with Gasteiger partial charge in [-0.25, -0.2) is 0 Å². The summed E-state index contributed by atoms with van der Waals surface area (Å²) in [7, 11) is 0. The summed E-state index contributed by atoms with van der Waals surface area (Å²) in [5.41, 5.74) is 2.46. The zero-order chi connectivity index (χ0) is 16.5. The summed E-state index contributed by atoms with van der Waals surface area (Å²) >= 11 is 0. The molecule has 0 unspecified atom stereocenters. The maximum atomic E-state index is 12.4. The maximum Gasteiger partial charge on any atom is 0.150 e. The number of carbonyl (C=O) groups excluding carboxylic acids is 1. The second kappa shape index (κ2) is 9.06. The second-order valence-corrected chi connectivity index (χ2v) is 5.85. The zero-order valence-electron chi connectivity index (χ0n) is 13.8. The van der Waals surface area contributed by atoms with Crippen LogP contribution in [0.25, 0.3) is 0 Å². The monoisotopic (exact) mass is 307 g/mol. The number of nitrogens with zero attached hydrogens (tertiary/aromatic N) is 1. The molecule has 0 saturated carbocycles. The average molecular weight is 307 g/mol. The van der Waals surface area contributed by atoms with Crippen LogP contribution in [0.3, 0.4) is 0 Å². The predicted molar refractivity (Wildman–Crippen MR) is 96.0 cm³/mol. The van der Waals surface area contributed by atoms with Crippen LogP contribution in [0.1, 0.15) is 30.9 Å². The van der Waals surface area contributed by atoms with Gasteiger partial charge >= 0.3 is 0 Å². The van der Waals surface area contributed by atoms with Gasteiger partial charge in [0.1, 0.15) is 5.78 Å². The Morgan fingerprint density at radius 1 is 1.00 bits per heavy atom. The molecule has 120 valence electrons. The normalized spacial score (nSPS) is 12.1. The smallest absolute Gasteiger partial charge is 0.150 e. The molecular weight excluding hydrogens is 282 g/mol. The third-order valence-corrected chi connectivity index (χ3v) is 4.07. The van der Waals surface area contributed by atoms with E-state index in [0.717, 1.165) is 19.5 Å². The van der Waals surface area contributed by atoms with Crippen molar-refractivity contribution in [3.05, 3.63) is 84.4 Å². The van der Waals surface area contributed by atoms with Crippen molar-refractivity contribution in [2.24, 2.45) is 0 Å². The molecule has 2 aromatic carbocycles. The number of carbonyl (C=O) groups is 1. The quantitative estimate of drug-likeness (QED) is 0.630. The molecule has 0 saturated heterocycles. The summed E-state index contributed by atoms with van der Waals surface area (Å²) in [6.07, 6.45) is 3.11. The highest BCUT2D eigenvalue weighted by molar-refractivity contribution is 5.83. The van der Waals surface area contributed by atoms with Crippen molar-refractivity contribution in [1.82, 2.24) is 4.90 Å². The highest BCUT2D eigenvalue weighted by atomic mass is 16.1. The molecule has 0 N–H and O–H groups in total. The van der Waals surface area contributed by atoms with E-state index >= 15 is 0 Å². The molecule has 23 heavy (non-hydrogen) atoms. The standard InChI is InChI=1S/C21H25NO/c1-3-4-15-21(23)18(2)22(16-19-11-7-5-8-12-19)17-20-13-9-6-10-14-20/h3,5-14,18H,1,4,15-17H2,2H3/t18-/m0/s1. The molecule has 0 heterocycles. The molecule has 0 amide bonds. The van der Waals surface area contributed by atoms with Crippen LogP contribution in [-0.2, 0) is 17.9 Å². The first kappa shape index (κ1) is 17.2. The van der Waals surface area contributed by atoms with Crippen LogP contribution in [0.2, 0.25) is 0 Å². The second-order valence-electron chi connectivity index (χ2n) is 5.85. The van der Waals surface area contributed by atoms with E-state index in [2.05, 4.69) is 35.7 Å². The zero-order valence-corrected chi connectivity index (χ0v) is 13.8. The SMILES string of the molecule is C=CCCC(=O)[C@H](C)N(Cc1ccccc1)Cc1ccccc1. The fourth-order valence-electron chi connectivity index (χ4n) is 2.62. The minimum atomic E-state index is -0.102. The van der Waals surface area contributed by atoms with E-state index in [9.17, 15) is 4.79 Å². The Labute approximate surface area is 139 Å². The Kier molecular flexibility index (Phi) is 6.76. The lowest BCUT2D eigenvalue weighted by molar-refractivity contribution is -0.124. The van der Waals surface area contributed by atoms with Gasteiger partial charge in [-0.1, -0.05) is 66.7 Å². The van der Waals surface area contributed by atoms with Crippen molar-refractivity contribution in [3.8, 4) is 0 Å². The highest BCUT2D eigenvalue weighted by Gasteiger charge is 2.21. The molecule has 2 rings (SSSR count). The molecule has 0 fully saturated rings. The van der Waals surface area contributed by atoms with Crippen LogP contribution in [0.5, 0.6) is 0 Å². The number of hydrogen-bond acceptors (Lipinski definition) is 2. The molecule has 2 aromatic rings. The summed E-state index contributed by atoms with van der Waals surface area (Å²) in [5.74, 6) is 0.275. The van der Waals surface area contributed by atoms with E-state index < -0.39 is 0 Å².